The van der Waals surface area contributed by atoms with Crippen molar-refractivity contribution in [1.29, 1.82) is 5.26 Å². The van der Waals surface area contributed by atoms with E-state index in [0.717, 1.165) is 32.3 Å². The number of rotatable bonds is 3. The molecule has 1 N–H and O–H groups in total. The van der Waals surface area contributed by atoms with Gasteiger partial charge in [-0.25, -0.2) is 9.97 Å². The first-order valence-electron chi connectivity index (χ1n) is 5.51. The minimum Gasteiger partial charge on any atom is -0.356 e. The van der Waals surface area contributed by atoms with Crippen LogP contribution in [0.15, 0.2) is 12.3 Å². The van der Waals surface area contributed by atoms with Gasteiger partial charge in [-0.05, 0) is 18.9 Å². The van der Waals surface area contributed by atoms with E-state index >= 15 is 0 Å². The molecule has 0 saturated carbocycles. The van der Waals surface area contributed by atoms with Gasteiger partial charge in [-0.1, -0.05) is 0 Å². The summed E-state index contributed by atoms with van der Waals surface area (Å²) in [4.78, 5) is 20.7. The van der Waals surface area contributed by atoms with Crippen LogP contribution in [0, 0.1) is 11.3 Å². The molecule has 2 rings (SSSR count). The average Bonchev–Trinajstić information content (AvgIpc) is 2.40. The molecule has 17 heavy (non-hydrogen) atoms. The number of carbonyl (C=O) groups is 1. The Hall–Kier alpha value is -2.16. The number of hydrogen-bond acceptors (Lipinski definition) is 5. The molecule has 1 aliphatic heterocycles. The Bertz CT molecular complexity index is 434. The molecule has 6 heteroatoms. The number of hydrogen-bond donors (Lipinski definition) is 1. The summed E-state index contributed by atoms with van der Waals surface area (Å²) in [5, 5.41) is 11.5. The van der Waals surface area contributed by atoms with Crippen molar-refractivity contribution >= 4 is 12.4 Å². The van der Waals surface area contributed by atoms with Crippen molar-refractivity contribution in [3.05, 3.63) is 18.0 Å². The quantitative estimate of drug-likeness (QED) is 0.744. The Morgan fingerprint density at radius 2 is 2.29 bits per heavy atom. The van der Waals surface area contributed by atoms with E-state index in [-0.39, 0.29) is 6.04 Å². The number of nitriles is 1. The molecule has 88 valence electrons. The van der Waals surface area contributed by atoms with E-state index in [9.17, 15) is 4.79 Å². The van der Waals surface area contributed by atoms with Gasteiger partial charge in [0.15, 0.2) is 0 Å². The largest absolute Gasteiger partial charge is 0.356 e. The summed E-state index contributed by atoms with van der Waals surface area (Å²) >= 11 is 0. The Morgan fingerprint density at radius 3 is 2.94 bits per heavy atom. The summed E-state index contributed by atoms with van der Waals surface area (Å²) in [7, 11) is 0. The van der Waals surface area contributed by atoms with Gasteiger partial charge in [0, 0.05) is 25.3 Å². The first-order valence-corrected chi connectivity index (χ1v) is 5.51. The van der Waals surface area contributed by atoms with Gasteiger partial charge in [0.2, 0.25) is 12.4 Å². The van der Waals surface area contributed by atoms with Crippen molar-refractivity contribution in [2.45, 2.75) is 18.9 Å². The van der Waals surface area contributed by atoms with Crippen LogP contribution in [0.1, 0.15) is 18.5 Å². The van der Waals surface area contributed by atoms with Crippen LogP contribution in [-0.4, -0.2) is 35.5 Å². The Kier molecular flexibility index (Phi) is 3.50. The predicted octanol–water partition coefficient (Wildman–Crippen LogP) is 0.0631. The molecule has 0 atom stereocenters. The highest BCUT2D eigenvalue weighted by Crippen LogP contribution is 2.15. The normalized spacial score (nSPS) is 16.3. The van der Waals surface area contributed by atoms with Crippen LogP contribution in [-0.2, 0) is 4.79 Å². The molecule has 0 unspecified atom stereocenters. The molecule has 1 aromatic rings. The van der Waals surface area contributed by atoms with Crippen LogP contribution >= 0.6 is 0 Å². The summed E-state index contributed by atoms with van der Waals surface area (Å²) in [6.07, 6.45) is 4.08. The summed E-state index contributed by atoms with van der Waals surface area (Å²) in [6, 6.07) is 3.83. The first-order chi connectivity index (χ1) is 8.33. The van der Waals surface area contributed by atoms with Gasteiger partial charge in [0.1, 0.15) is 11.8 Å². The molecule has 1 fully saturated rings. The fourth-order valence-corrected chi connectivity index (χ4v) is 1.91. The molecule has 1 aromatic heterocycles. The lowest BCUT2D eigenvalue weighted by Gasteiger charge is -2.31. The fraction of sp³-hybridized carbons (Fsp3) is 0.455. The van der Waals surface area contributed by atoms with Crippen molar-refractivity contribution in [3.8, 4) is 6.07 Å². The van der Waals surface area contributed by atoms with Gasteiger partial charge in [-0.2, -0.15) is 5.26 Å². The molecule has 1 amide bonds. The summed E-state index contributed by atoms with van der Waals surface area (Å²) in [5.41, 5.74) is 0.378. The minimum atomic E-state index is 0.239. The summed E-state index contributed by atoms with van der Waals surface area (Å²) < 4.78 is 0. The number of nitrogens with zero attached hydrogens (tertiary/aromatic N) is 4. The van der Waals surface area contributed by atoms with E-state index in [0.29, 0.717) is 11.6 Å². The monoisotopic (exact) mass is 231 g/mol. The number of aromatic nitrogens is 2. The number of amides is 1. The molecule has 2 heterocycles. The standard InChI is InChI=1S/C11H13N5O/c12-7-10-1-4-13-11(15-10)16-5-2-9(3-6-16)14-8-17/h1,4,8-9H,2-3,5-6H2,(H,14,17). The topological polar surface area (TPSA) is 81.9 Å². The minimum absolute atomic E-state index is 0.239. The lowest BCUT2D eigenvalue weighted by atomic mass is 10.1. The third kappa shape index (κ3) is 2.69. The SMILES string of the molecule is N#Cc1ccnc(N2CCC(NC=O)CC2)n1. The second kappa shape index (κ2) is 5.25. The third-order valence-corrected chi connectivity index (χ3v) is 2.84. The number of anilines is 1. The fourth-order valence-electron chi connectivity index (χ4n) is 1.91. The first kappa shape index (κ1) is 11.3. The highest BCUT2D eigenvalue weighted by molar-refractivity contribution is 5.47. The van der Waals surface area contributed by atoms with E-state index < -0.39 is 0 Å². The Balaban J connectivity index is 2.00. The number of carbonyl (C=O) groups excluding carboxylic acids is 1. The molecular weight excluding hydrogens is 218 g/mol. The maximum Gasteiger partial charge on any atom is 0.226 e. The lowest BCUT2D eigenvalue weighted by Crippen LogP contribution is -2.42. The number of piperidine rings is 1. The molecule has 0 spiro atoms. The smallest absolute Gasteiger partial charge is 0.226 e. The molecule has 1 saturated heterocycles. The van der Waals surface area contributed by atoms with Crippen molar-refractivity contribution in [2.75, 3.05) is 18.0 Å². The van der Waals surface area contributed by atoms with Gasteiger partial charge in [-0.15, -0.1) is 0 Å². The van der Waals surface area contributed by atoms with Crippen LogP contribution in [0.2, 0.25) is 0 Å². The van der Waals surface area contributed by atoms with Gasteiger partial charge < -0.3 is 10.2 Å². The predicted molar refractivity (Wildman–Crippen MR) is 61.2 cm³/mol. The molecule has 0 aliphatic carbocycles. The summed E-state index contributed by atoms with van der Waals surface area (Å²) in [6.45, 7) is 1.58. The van der Waals surface area contributed by atoms with Crippen LogP contribution in [0.4, 0.5) is 5.95 Å². The maximum atomic E-state index is 10.3. The second-order valence-electron chi connectivity index (χ2n) is 3.90. The van der Waals surface area contributed by atoms with Gasteiger partial charge >= 0.3 is 0 Å². The van der Waals surface area contributed by atoms with Crippen LogP contribution in [0.25, 0.3) is 0 Å². The van der Waals surface area contributed by atoms with Crippen LogP contribution in [0.3, 0.4) is 0 Å². The molecule has 0 bridgehead atoms. The van der Waals surface area contributed by atoms with Crippen molar-refractivity contribution < 1.29 is 4.79 Å². The van der Waals surface area contributed by atoms with Gasteiger partial charge in [-0.3, -0.25) is 4.79 Å². The highest BCUT2D eigenvalue weighted by Gasteiger charge is 2.20. The van der Waals surface area contributed by atoms with E-state index in [4.69, 9.17) is 5.26 Å². The third-order valence-electron chi connectivity index (χ3n) is 2.84. The average molecular weight is 231 g/mol. The summed E-state index contributed by atoms with van der Waals surface area (Å²) in [5.74, 6) is 0.591. The van der Waals surface area contributed by atoms with Crippen molar-refractivity contribution in [2.24, 2.45) is 0 Å². The van der Waals surface area contributed by atoms with Gasteiger partial charge in [0.25, 0.3) is 0 Å². The van der Waals surface area contributed by atoms with Crippen LogP contribution in [0.5, 0.6) is 0 Å². The zero-order chi connectivity index (χ0) is 12.1. The molecular formula is C11H13N5O. The van der Waals surface area contributed by atoms with Gasteiger partial charge in [0.05, 0.1) is 0 Å². The van der Waals surface area contributed by atoms with Crippen LogP contribution < -0.4 is 10.2 Å². The van der Waals surface area contributed by atoms with E-state index in [1.54, 1.807) is 12.3 Å². The maximum absolute atomic E-state index is 10.3. The van der Waals surface area contributed by atoms with E-state index in [1.165, 1.54) is 0 Å². The van der Waals surface area contributed by atoms with E-state index in [2.05, 4.69) is 15.3 Å². The zero-order valence-electron chi connectivity index (χ0n) is 9.33. The highest BCUT2D eigenvalue weighted by atomic mass is 16.1. The molecule has 1 aliphatic rings. The molecule has 0 radical (unpaired) electrons. The molecule has 0 aromatic carbocycles. The lowest BCUT2D eigenvalue weighted by molar-refractivity contribution is -0.110. The Morgan fingerprint density at radius 1 is 1.53 bits per heavy atom. The van der Waals surface area contributed by atoms with E-state index in [1.807, 2.05) is 11.0 Å². The Labute approximate surface area is 99.3 Å². The molecule has 6 nitrogen and oxygen atoms in total. The van der Waals surface area contributed by atoms with Crippen molar-refractivity contribution in [3.63, 3.8) is 0 Å². The zero-order valence-corrected chi connectivity index (χ0v) is 9.33. The number of nitrogens with one attached hydrogen (secondary N) is 1. The van der Waals surface area contributed by atoms with Crippen molar-refractivity contribution in [1.82, 2.24) is 15.3 Å². The second-order valence-corrected chi connectivity index (χ2v) is 3.90.